The topological polar surface area (TPSA) is 71.5 Å². The van der Waals surface area contributed by atoms with Gasteiger partial charge in [-0.25, -0.2) is 4.98 Å². The summed E-state index contributed by atoms with van der Waals surface area (Å²) in [5, 5.41) is 2.91. The molecule has 1 aromatic rings. The molecule has 1 aliphatic heterocycles. The Morgan fingerprint density at radius 2 is 2.10 bits per heavy atom. The van der Waals surface area contributed by atoms with Crippen LogP contribution in [-0.4, -0.2) is 40.9 Å². The second kappa shape index (κ2) is 5.35. The van der Waals surface area contributed by atoms with E-state index in [4.69, 9.17) is 4.74 Å². The van der Waals surface area contributed by atoms with Gasteiger partial charge in [-0.2, -0.15) is 0 Å². The molecule has 1 aromatic heterocycles. The lowest BCUT2D eigenvalue weighted by Crippen LogP contribution is -2.65. The second-order valence-corrected chi connectivity index (χ2v) is 5.71. The third-order valence-electron chi connectivity index (χ3n) is 4.25. The van der Waals surface area contributed by atoms with Crippen LogP contribution in [0.2, 0.25) is 0 Å². The molecule has 0 unspecified atom stereocenters. The lowest BCUT2D eigenvalue weighted by molar-refractivity contribution is -0.150. The fourth-order valence-corrected chi connectivity index (χ4v) is 3.20. The minimum absolute atomic E-state index is 0.0374. The average molecular weight is 289 g/mol. The van der Waals surface area contributed by atoms with Crippen molar-refractivity contribution >= 4 is 11.8 Å². The second-order valence-electron chi connectivity index (χ2n) is 5.71. The van der Waals surface area contributed by atoms with E-state index in [-0.39, 0.29) is 18.4 Å². The van der Waals surface area contributed by atoms with E-state index in [1.807, 2.05) is 6.07 Å². The van der Waals surface area contributed by atoms with Crippen molar-refractivity contribution in [2.24, 2.45) is 0 Å². The quantitative estimate of drug-likeness (QED) is 0.896. The van der Waals surface area contributed by atoms with Crippen LogP contribution in [0, 0.1) is 0 Å². The van der Waals surface area contributed by atoms with Crippen molar-refractivity contribution in [2.45, 2.75) is 37.8 Å². The summed E-state index contributed by atoms with van der Waals surface area (Å²) < 4.78 is 5.02. The molecular weight excluding hydrogens is 270 g/mol. The van der Waals surface area contributed by atoms with Gasteiger partial charge < -0.3 is 15.0 Å². The number of aromatic nitrogens is 1. The third kappa shape index (κ3) is 2.57. The van der Waals surface area contributed by atoms with Crippen LogP contribution in [0.25, 0.3) is 0 Å². The Labute approximate surface area is 123 Å². The van der Waals surface area contributed by atoms with Crippen LogP contribution in [0.3, 0.4) is 0 Å². The molecule has 112 valence electrons. The van der Waals surface area contributed by atoms with Crippen LogP contribution < -0.4 is 10.1 Å². The zero-order chi connectivity index (χ0) is 14.9. The molecular formula is C15H19N3O3. The molecule has 1 aliphatic carbocycles. The van der Waals surface area contributed by atoms with Crippen molar-refractivity contribution in [3.8, 4) is 5.88 Å². The van der Waals surface area contributed by atoms with Crippen molar-refractivity contribution in [2.75, 3.05) is 13.7 Å². The molecule has 6 heteroatoms. The van der Waals surface area contributed by atoms with Crippen LogP contribution in [0.4, 0.5) is 0 Å². The van der Waals surface area contributed by atoms with Crippen molar-refractivity contribution in [3.05, 3.63) is 23.9 Å². The number of carbonyl (C=O) groups is 2. The summed E-state index contributed by atoms with van der Waals surface area (Å²) >= 11 is 0. The van der Waals surface area contributed by atoms with Crippen LogP contribution >= 0.6 is 0 Å². The molecule has 6 nitrogen and oxygen atoms in total. The molecule has 0 atom stereocenters. The maximum Gasteiger partial charge on any atom is 0.249 e. The molecule has 2 aliphatic rings. The number of rotatable bonds is 3. The lowest BCUT2D eigenvalue weighted by Gasteiger charge is -2.39. The molecule has 0 aromatic carbocycles. The lowest BCUT2D eigenvalue weighted by atomic mass is 9.93. The van der Waals surface area contributed by atoms with Crippen molar-refractivity contribution in [3.63, 3.8) is 0 Å². The normalized spacial score (nSPS) is 20.7. The first-order chi connectivity index (χ1) is 10.1. The number of carbonyl (C=O) groups excluding carboxylic acids is 2. The molecule has 1 saturated heterocycles. The molecule has 2 amide bonds. The van der Waals surface area contributed by atoms with Crippen LogP contribution in [0.5, 0.6) is 5.88 Å². The van der Waals surface area contributed by atoms with Gasteiger partial charge in [-0.15, -0.1) is 0 Å². The number of piperazine rings is 1. The maximum atomic E-state index is 12.7. The van der Waals surface area contributed by atoms with E-state index in [0.29, 0.717) is 12.4 Å². The molecule has 2 heterocycles. The summed E-state index contributed by atoms with van der Waals surface area (Å²) in [6, 6.07) is 3.63. The zero-order valence-electron chi connectivity index (χ0n) is 12.1. The third-order valence-corrected chi connectivity index (χ3v) is 4.25. The van der Waals surface area contributed by atoms with Gasteiger partial charge in [0.25, 0.3) is 0 Å². The maximum absolute atomic E-state index is 12.7. The molecule has 0 bridgehead atoms. The smallest absolute Gasteiger partial charge is 0.249 e. The Morgan fingerprint density at radius 3 is 2.71 bits per heavy atom. The summed E-state index contributed by atoms with van der Waals surface area (Å²) in [6.07, 6.45) is 5.15. The summed E-state index contributed by atoms with van der Waals surface area (Å²) in [4.78, 5) is 30.4. The summed E-state index contributed by atoms with van der Waals surface area (Å²) in [5.41, 5.74) is 0.238. The predicted octanol–water partition coefficient (Wildman–Crippen LogP) is 0.861. The molecule has 1 N–H and O–H groups in total. The average Bonchev–Trinajstić information content (AvgIpc) is 2.94. The van der Waals surface area contributed by atoms with Gasteiger partial charge >= 0.3 is 0 Å². The van der Waals surface area contributed by atoms with Gasteiger partial charge in [-0.05, 0) is 18.4 Å². The fourth-order valence-electron chi connectivity index (χ4n) is 3.20. The first-order valence-electron chi connectivity index (χ1n) is 7.22. The van der Waals surface area contributed by atoms with Gasteiger partial charge in [-0.3, -0.25) is 9.59 Å². The minimum Gasteiger partial charge on any atom is -0.481 e. The number of ether oxygens (including phenoxy) is 1. The van der Waals surface area contributed by atoms with Crippen molar-refractivity contribution in [1.29, 1.82) is 0 Å². The monoisotopic (exact) mass is 289 g/mol. The summed E-state index contributed by atoms with van der Waals surface area (Å²) in [7, 11) is 1.56. The number of amides is 2. The van der Waals surface area contributed by atoms with E-state index in [1.165, 1.54) is 0 Å². The Morgan fingerprint density at radius 1 is 1.33 bits per heavy atom. The summed E-state index contributed by atoms with van der Waals surface area (Å²) in [6.45, 7) is 0.525. The molecule has 21 heavy (non-hydrogen) atoms. The highest BCUT2D eigenvalue weighted by atomic mass is 16.5. The van der Waals surface area contributed by atoms with Gasteiger partial charge in [0, 0.05) is 18.8 Å². The van der Waals surface area contributed by atoms with E-state index in [0.717, 1.165) is 31.2 Å². The van der Waals surface area contributed by atoms with Crippen LogP contribution in [-0.2, 0) is 16.1 Å². The minimum atomic E-state index is -0.658. The first kappa shape index (κ1) is 13.9. The Balaban J connectivity index is 1.77. The molecule has 3 rings (SSSR count). The van der Waals surface area contributed by atoms with Gasteiger partial charge in [0.1, 0.15) is 5.54 Å². The SMILES string of the molecule is COc1ccc(CN2CC(=O)NC3(CCCC3)C2=O)cn1. The van der Waals surface area contributed by atoms with Gasteiger partial charge in [0.05, 0.1) is 13.7 Å². The molecule has 1 saturated carbocycles. The highest BCUT2D eigenvalue weighted by molar-refractivity contribution is 5.98. The predicted molar refractivity (Wildman–Crippen MR) is 75.5 cm³/mol. The number of hydrogen-bond donors (Lipinski definition) is 1. The van der Waals surface area contributed by atoms with E-state index >= 15 is 0 Å². The summed E-state index contributed by atoms with van der Waals surface area (Å²) in [5.74, 6) is 0.502. The van der Waals surface area contributed by atoms with E-state index in [9.17, 15) is 9.59 Å². The molecule has 1 spiro atoms. The fraction of sp³-hybridized carbons (Fsp3) is 0.533. The van der Waals surface area contributed by atoms with Gasteiger partial charge in [0.2, 0.25) is 17.7 Å². The zero-order valence-corrected chi connectivity index (χ0v) is 12.1. The van der Waals surface area contributed by atoms with Gasteiger partial charge in [0.15, 0.2) is 0 Å². The number of hydrogen-bond acceptors (Lipinski definition) is 4. The number of nitrogens with one attached hydrogen (secondary N) is 1. The Kier molecular flexibility index (Phi) is 3.53. The molecule has 2 fully saturated rings. The molecule has 0 radical (unpaired) electrons. The van der Waals surface area contributed by atoms with E-state index in [2.05, 4.69) is 10.3 Å². The first-order valence-corrected chi connectivity index (χ1v) is 7.22. The number of methoxy groups -OCH3 is 1. The van der Waals surface area contributed by atoms with E-state index in [1.54, 1.807) is 24.3 Å². The van der Waals surface area contributed by atoms with Crippen molar-refractivity contribution < 1.29 is 14.3 Å². The van der Waals surface area contributed by atoms with E-state index < -0.39 is 5.54 Å². The number of pyridine rings is 1. The Bertz CT molecular complexity index is 550. The largest absolute Gasteiger partial charge is 0.481 e. The van der Waals surface area contributed by atoms with Gasteiger partial charge in [-0.1, -0.05) is 18.9 Å². The highest BCUT2D eigenvalue weighted by Gasteiger charge is 2.48. The van der Waals surface area contributed by atoms with Crippen molar-refractivity contribution in [1.82, 2.24) is 15.2 Å². The Hall–Kier alpha value is -2.11. The van der Waals surface area contributed by atoms with Crippen LogP contribution in [0.1, 0.15) is 31.2 Å². The standard InChI is InChI=1S/C15H19N3O3/c1-21-13-5-4-11(8-16-13)9-18-10-12(19)17-15(14(18)20)6-2-3-7-15/h4-5,8H,2-3,6-7,9-10H2,1H3,(H,17,19). The highest BCUT2D eigenvalue weighted by Crippen LogP contribution is 2.33. The van der Waals surface area contributed by atoms with Crippen LogP contribution in [0.15, 0.2) is 18.3 Å². The number of nitrogens with zero attached hydrogens (tertiary/aromatic N) is 2.